The zero-order valence-electron chi connectivity index (χ0n) is 20.7. The van der Waals surface area contributed by atoms with E-state index in [9.17, 15) is 18.0 Å². The molecule has 5 aromatic rings. The number of carbonyl (C=O) groups is 1. The zero-order valence-corrected chi connectivity index (χ0v) is 20.7. The number of fused-ring (bicyclic) bond motifs is 2. The van der Waals surface area contributed by atoms with Crippen molar-refractivity contribution in [2.45, 2.75) is 18.5 Å². The first-order valence-corrected chi connectivity index (χ1v) is 12.1. The molecule has 2 amide bonds. The van der Waals surface area contributed by atoms with E-state index in [0.717, 1.165) is 34.3 Å². The van der Waals surface area contributed by atoms with E-state index in [0.29, 0.717) is 35.9 Å². The SMILES string of the molecule is CC1(c2nc(-c3ccc(NC(=O)Nc4cccc(C(F)(F)F)c4)c4ccccc34)c3c(N)nccn23)COC1. The molecule has 1 aliphatic rings. The van der Waals surface area contributed by atoms with Crippen molar-refractivity contribution >= 4 is 39.5 Å². The molecular formula is C28H23F3N6O2. The van der Waals surface area contributed by atoms with E-state index in [4.69, 9.17) is 15.5 Å². The van der Waals surface area contributed by atoms with E-state index < -0.39 is 17.8 Å². The van der Waals surface area contributed by atoms with Crippen molar-refractivity contribution in [2.75, 3.05) is 29.6 Å². The largest absolute Gasteiger partial charge is 0.416 e. The van der Waals surface area contributed by atoms with Crippen LogP contribution in [0.1, 0.15) is 18.3 Å². The molecule has 0 saturated carbocycles. The summed E-state index contributed by atoms with van der Waals surface area (Å²) in [4.78, 5) is 22.0. The minimum absolute atomic E-state index is 0.0247. The van der Waals surface area contributed by atoms with Gasteiger partial charge in [0.25, 0.3) is 0 Å². The van der Waals surface area contributed by atoms with Gasteiger partial charge in [-0.2, -0.15) is 13.2 Å². The van der Waals surface area contributed by atoms with Crippen LogP contribution in [0.4, 0.5) is 35.2 Å². The van der Waals surface area contributed by atoms with Gasteiger partial charge < -0.3 is 21.1 Å². The quantitative estimate of drug-likeness (QED) is 0.260. The van der Waals surface area contributed by atoms with Crippen LogP contribution in [0.25, 0.3) is 27.5 Å². The fourth-order valence-electron chi connectivity index (χ4n) is 4.89. The molecule has 198 valence electrons. The van der Waals surface area contributed by atoms with Crippen molar-refractivity contribution < 1.29 is 22.7 Å². The number of nitrogens with zero attached hydrogens (tertiary/aromatic N) is 3. The topological polar surface area (TPSA) is 107 Å². The Morgan fingerprint density at radius 1 is 1.05 bits per heavy atom. The lowest BCUT2D eigenvalue weighted by atomic mass is 9.88. The maximum absolute atomic E-state index is 13.1. The second-order valence-corrected chi connectivity index (χ2v) is 9.73. The second kappa shape index (κ2) is 8.98. The van der Waals surface area contributed by atoms with Crippen LogP contribution >= 0.6 is 0 Å². The van der Waals surface area contributed by atoms with Gasteiger partial charge in [0.2, 0.25) is 0 Å². The number of benzene rings is 3. The van der Waals surface area contributed by atoms with Crippen LogP contribution in [0.3, 0.4) is 0 Å². The van der Waals surface area contributed by atoms with Gasteiger partial charge in [-0.05, 0) is 36.6 Å². The van der Waals surface area contributed by atoms with Gasteiger partial charge >= 0.3 is 12.2 Å². The summed E-state index contributed by atoms with van der Waals surface area (Å²) in [6.07, 6.45) is -1.05. The molecule has 0 spiro atoms. The van der Waals surface area contributed by atoms with Gasteiger partial charge in [-0.25, -0.2) is 14.8 Å². The number of nitrogens with one attached hydrogen (secondary N) is 2. The highest BCUT2D eigenvalue weighted by Crippen LogP contribution is 2.40. The lowest BCUT2D eigenvalue weighted by molar-refractivity contribution is -0.137. The number of urea groups is 1. The van der Waals surface area contributed by atoms with Gasteiger partial charge in [-0.15, -0.1) is 0 Å². The number of amides is 2. The predicted octanol–water partition coefficient (Wildman–Crippen LogP) is 6.08. The number of nitrogen functional groups attached to an aromatic ring is 1. The number of rotatable bonds is 4. The number of halogens is 3. The number of imidazole rings is 1. The summed E-state index contributed by atoms with van der Waals surface area (Å²) in [6.45, 7) is 3.16. The van der Waals surface area contributed by atoms with Crippen molar-refractivity contribution in [3.05, 3.63) is 84.4 Å². The molecule has 3 aromatic carbocycles. The highest BCUT2D eigenvalue weighted by molar-refractivity contribution is 6.10. The van der Waals surface area contributed by atoms with Crippen LogP contribution in [0.5, 0.6) is 0 Å². The predicted molar refractivity (Wildman–Crippen MR) is 143 cm³/mol. The molecule has 3 heterocycles. The van der Waals surface area contributed by atoms with Gasteiger partial charge in [0.15, 0.2) is 0 Å². The normalized spacial score (nSPS) is 14.8. The molecule has 4 N–H and O–H groups in total. The van der Waals surface area contributed by atoms with E-state index >= 15 is 0 Å². The third kappa shape index (κ3) is 4.30. The maximum Gasteiger partial charge on any atom is 0.416 e. The summed E-state index contributed by atoms with van der Waals surface area (Å²) in [5.41, 5.74) is 7.83. The van der Waals surface area contributed by atoms with E-state index in [1.165, 1.54) is 12.1 Å². The van der Waals surface area contributed by atoms with Gasteiger partial charge in [0.05, 0.1) is 29.9 Å². The van der Waals surface area contributed by atoms with Crippen molar-refractivity contribution in [1.82, 2.24) is 14.4 Å². The number of anilines is 3. The Hall–Kier alpha value is -4.64. The summed E-state index contributed by atoms with van der Waals surface area (Å²) in [6, 6.07) is 14.8. The minimum Gasteiger partial charge on any atom is -0.382 e. The Kier molecular flexibility index (Phi) is 5.69. The van der Waals surface area contributed by atoms with Crippen molar-refractivity contribution in [3.8, 4) is 11.3 Å². The minimum atomic E-state index is -4.51. The lowest BCUT2D eigenvalue weighted by Crippen LogP contribution is -2.45. The van der Waals surface area contributed by atoms with Crippen LogP contribution < -0.4 is 16.4 Å². The lowest BCUT2D eigenvalue weighted by Gasteiger charge is -2.36. The monoisotopic (exact) mass is 532 g/mol. The fraction of sp³-hybridized carbons (Fsp3) is 0.179. The van der Waals surface area contributed by atoms with E-state index in [-0.39, 0.29) is 11.1 Å². The Morgan fingerprint density at radius 3 is 2.54 bits per heavy atom. The van der Waals surface area contributed by atoms with E-state index in [1.54, 1.807) is 12.3 Å². The third-order valence-electron chi connectivity index (χ3n) is 6.84. The number of aromatic nitrogens is 3. The number of hydrogen-bond donors (Lipinski definition) is 3. The molecule has 39 heavy (non-hydrogen) atoms. The van der Waals surface area contributed by atoms with Gasteiger partial charge in [-0.1, -0.05) is 36.4 Å². The fourth-order valence-corrected chi connectivity index (χ4v) is 4.89. The van der Waals surface area contributed by atoms with Crippen LogP contribution in [0, 0.1) is 0 Å². The average Bonchev–Trinajstić information content (AvgIpc) is 3.28. The third-order valence-corrected chi connectivity index (χ3v) is 6.84. The summed E-state index contributed by atoms with van der Waals surface area (Å²) in [5.74, 6) is 1.15. The Morgan fingerprint density at radius 2 is 1.82 bits per heavy atom. The molecule has 6 rings (SSSR count). The average molecular weight is 533 g/mol. The smallest absolute Gasteiger partial charge is 0.382 e. The van der Waals surface area contributed by atoms with Gasteiger partial charge in [-0.3, -0.25) is 4.40 Å². The maximum atomic E-state index is 13.1. The highest BCUT2D eigenvalue weighted by atomic mass is 19.4. The number of ether oxygens (including phenoxy) is 1. The van der Waals surface area contributed by atoms with Crippen LogP contribution in [-0.2, 0) is 16.3 Å². The number of alkyl halides is 3. The molecule has 1 saturated heterocycles. The summed E-state index contributed by atoms with van der Waals surface area (Å²) in [7, 11) is 0. The zero-order chi connectivity index (χ0) is 27.4. The number of carbonyl (C=O) groups excluding carboxylic acids is 1. The van der Waals surface area contributed by atoms with Gasteiger partial charge in [0, 0.05) is 29.0 Å². The molecule has 0 bridgehead atoms. The molecule has 8 nitrogen and oxygen atoms in total. The molecule has 0 aliphatic carbocycles. The Balaban J connectivity index is 1.38. The molecule has 1 fully saturated rings. The molecule has 11 heteroatoms. The van der Waals surface area contributed by atoms with Crippen LogP contribution in [0.15, 0.2) is 73.1 Å². The first-order valence-electron chi connectivity index (χ1n) is 12.1. The number of hydrogen-bond acceptors (Lipinski definition) is 5. The second-order valence-electron chi connectivity index (χ2n) is 9.73. The standard InChI is InChI=1S/C28H23F3N6O2/c1-27(14-39-15-27)25-36-22(23-24(32)33-11-12-37(23)25)20-9-10-21(19-8-3-2-7-18(19)20)35-26(38)34-17-6-4-5-16(13-17)28(29,30)31/h2-13H,14-15H2,1H3,(H2,32,33)(H2,34,35,38). The molecule has 1 aliphatic heterocycles. The Labute approximate surface area is 220 Å². The van der Waals surface area contributed by atoms with Crippen LogP contribution in [-0.4, -0.2) is 33.6 Å². The van der Waals surface area contributed by atoms with Crippen molar-refractivity contribution in [1.29, 1.82) is 0 Å². The number of nitrogens with two attached hydrogens (primary N) is 1. The summed E-state index contributed by atoms with van der Waals surface area (Å²) in [5, 5.41) is 6.76. The molecule has 0 unspecified atom stereocenters. The first kappa shape index (κ1) is 24.7. The first-order chi connectivity index (χ1) is 18.6. The van der Waals surface area contributed by atoms with E-state index in [1.807, 2.05) is 40.9 Å². The van der Waals surface area contributed by atoms with Crippen LogP contribution in [0.2, 0.25) is 0 Å². The van der Waals surface area contributed by atoms with Gasteiger partial charge in [0.1, 0.15) is 22.9 Å². The van der Waals surface area contributed by atoms with E-state index in [2.05, 4.69) is 22.5 Å². The highest BCUT2D eigenvalue weighted by Gasteiger charge is 2.40. The Bertz CT molecular complexity index is 1740. The summed E-state index contributed by atoms with van der Waals surface area (Å²) >= 11 is 0. The molecular weight excluding hydrogens is 509 g/mol. The van der Waals surface area contributed by atoms with Crippen molar-refractivity contribution in [3.63, 3.8) is 0 Å². The molecule has 2 aromatic heterocycles. The molecule has 0 atom stereocenters. The summed E-state index contributed by atoms with van der Waals surface area (Å²) < 4.78 is 46.6. The molecule has 0 radical (unpaired) electrons. The van der Waals surface area contributed by atoms with Crippen molar-refractivity contribution in [2.24, 2.45) is 0 Å².